The lowest BCUT2D eigenvalue weighted by atomic mass is 10.1. The Labute approximate surface area is 256 Å². The maximum absolute atomic E-state index is 13.9. The summed E-state index contributed by atoms with van der Waals surface area (Å²) < 4.78 is 70.1. The minimum atomic E-state index is -4.88. The van der Waals surface area contributed by atoms with Gasteiger partial charge in [0, 0.05) is 17.1 Å². The van der Waals surface area contributed by atoms with Gasteiger partial charge in [0.05, 0.1) is 21.2 Å². The van der Waals surface area contributed by atoms with Gasteiger partial charge in [-0.3, -0.25) is 13.9 Å². The molecular formula is C29H30BrClF3N3O4S. The van der Waals surface area contributed by atoms with Crippen molar-refractivity contribution in [1.82, 2.24) is 10.2 Å². The Morgan fingerprint density at radius 1 is 1.00 bits per heavy atom. The number of nitrogens with zero attached hydrogens (tertiary/aromatic N) is 2. The van der Waals surface area contributed by atoms with Gasteiger partial charge in [-0.25, -0.2) is 8.42 Å². The molecule has 0 heterocycles. The van der Waals surface area contributed by atoms with Crippen LogP contribution in [0.3, 0.4) is 0 Å². The Bertz CT molecular complexity index is 1510. The molecular weight excluding hydrogens is 659 g/mol. The monoisotopic (exact) mass is 687 g/mol. The fraction of sp³-hybridized carbons (Fsp3) is 0.310. The second-order valence-electron chi connectivity index (χ2n) is 9.63. The Kier molecular flexibility index (Phi) is 11.1. The standard InChI is InChI=1S/C29H30BrClF3N3O4S/c1-4-19(2)35-28(39)20(3)36(17-21-10-12-22(30)13-11-21)27(38)18-37(42(40,41)24-8-6-5-7-9-24)23-14-15-26(31)25(16-23)29(32,33)34/h5-16,19-20H,4,17-18H2,1-3H3,(H,35,39)/t19-,20+/m1/s1. The lowest BCUT2D eigenvalue weighted by Crippen LogP contribution is -2.52. The van der Waals surface area contributed by atoms with Crippen LogP contribution in [0.2, 0.25) is 5.02 Å². The van der Waals surface area contributed by atoms with Crippen LogP contribution in [-0.2, 0) is 32.3 Å². The van der Waals surface area contributed by atoms with Crippen molar-refractivity contribution in [2.45, 2.75) is 56.9 Å². The first-order valence-corrected chi connectivity index (χ1v) is 15.5. The zero-order chi connectivity index (χ0) is 31.2. The lowest BCUT2D eigenvalue weighted by molar-refractivity contribution is -0.139. The van der Waals surface area contributed by atoms with Crippen molar-refractivity contribution >= 4 is 55.1 Å². The molecule has 7 nitrogen and oxygen atoms in total. The second-order valence-corrected chi connectivity index (χ2v) is 12.8. The topological polar surface area (TPSA) is 86.8 Å². The largest absolute Gasteiger partial charge is 0.417 e. The quantitative estimate of drug-likeness (QED) is 0.245. The van der Waals surface area contributed by atoms with Crippen LogP contribution >= 0.6 is 27.5 Å². The number of anilines is 1. The predicted octanol–water partition coefficient (Wildman–Crippen LogP) is 6.65. The molecule has 3 rings (SSSR count). The fourth-order valence-electron chi connectivity index (χ4n) is 3.97. The van der Waals surface area contributed by atoms with E-state index >= 15 is 0 Å². The molecule has 1 N–H and O–H groups in total. The van der Waals surface area contributed by atoms with Crippen LogP contribution in [0.25, 0.3) is 0 Å². The molecule has 0 fully saturated rings. The number of carbonyl (C=O) groups excluding carboxylic acids is 2. The van der Waals surface area contributed by atoms with Crippen molar-refractivity contribution in [1.29, 1.82) is 0 Å². The SMILES string of the molecule is CC[C@@H](C)NC(=O)[C@H](C)N(Cc1ccc(Br)cc1)C(=O)CN(c1ccc(Cl)c(C(F)(F)F)c1)S(=O)(=O)c1ccccc1. The van der Waals surface area contributed by atoms with E-state index in [9.17, 15) is 31.2 Å². The minimum Gasteiger partial charge on any atom is -0.352 e. The molecule has 0 aromatic heterocycles. The Balaban J connectivity index is 2.10. The van der Waals surface area contributed by atoms with Crippen LogP contribution in [0.5, 0.6) is 0 Å². The van der Waals surface area contributed by atoms with Gasteiger partial charge in [0.15, 0.2) is 0 Å². The third-order valence-corrected chi connectivity index (χ3v) is 9.23. The highest BCUT2D eigenvalue weighted by Crippen LogP contribution is 2.38. The molecule has 0 radical (unpaired) electrons. The average Bonchev–Trinajstić information content (AvgIpc) is 2.95. The number of amides is 2. The number of hydrogen-bond donors (Lipinski definition) is 1. The molecule has 0 bridgehead atoms. The highest BCUT2D eigenvalue weighted by molar-refractivity contribution is 9.10. The maximum atomic E-state index is 13.9. The summed E-state index contributed by atoms with van der Waals surface area (Å²) in [4.78, 5) is 28.0. The van der Waals surface area contributed by atoms with E-state index in [0.717, 1.165) is 16.6 Å². The second kappa shape index (κ2) is 13.9. The molecule has 0 saturated carbocycles. The van der Waals surface area contributed by atoms with Gasteiger partial charge < -0.3 is 10.2 Å². The Morgan fingerprint density at radius 3 is 2.19 bits per heavy atom. The summed E-state index contributed by atoms with van der Waals surface area (Å²) in [5.41, 5.74) is -1.02. The van der Waals surface area contributed by atoms with E-state index in [2.05, 4.69) is 21.2 Å². The summed E-state index contributed by atoms with van der Waals surface area (Å²) >= 11 is 9.14. The van der Waals surface area contributed by atoms with Crippen molar-refractivity contribution in [2.75, 3.05) is 10.8 Å². The molecule has 2 atom stereocenters. The van der Waals surface area contributed by atoms with E-state index < -0.39 is 56.9 Å². The molecule has 42 heavy (non-hydrogen) atoms. The summed E-state index contributed by atoms with van der Waals surface area (Å²) in [6, 6.07) is 15.4. The molecule has 0 aliphatic heterocycles. The predicted molar refractivity (Wildman–Crippen MR) is 159 cm³/mol. The number of halogens is 5. The van der Waals surface area contributed by atoms with Gasteiger partial charge in [-0.2, -0.15) is 13.2 Å². The van der Waals surface area contributed by atoms with Crippen LogP contribution < -0.4 is 9.62 Å². The van der Waals surface area contributed by atoms with Crippen molar-refractivity contribution in [3.63, 3.8) is 0 Å². The molecule has 0 spiro atoms. The summed E-state index contributed by atoms with van der Waals surface area (Å²) in [7, 11) is -4.54. The molecule has 0 saturated heterocycles. The highest BCUT2D eigenvalue weighted by Gasteiger charge is 2.37. The van der Waals surface area contributed by atoms with Crippen LogP contribution in [0.15, 0.2) is 82.2 Å². The van der Waals surface area contributed by atoms with Gasteiger partial charge in [0.1, 0.15) is 12.6 Å². The minimum absolute atomic E-state index is 0.0607. The molecule has 2 amide bonds. The van der Waals surface area contributed by atoms with Crippen molar-refractivity contribution in [2.24, 2.45) is 0 Å². The first-order chi connectivity index (χ1) is 19.6. The smallest absolute Gasteiger partial charge is 0.352 e. The fourth-order valence-corrected chi connectivity index (χ4v) is 5.88. The van der Waals surface area contributed by atoms with Gasteiger partial charge in [0.2, 0.25) is 11.8 Å². The van der Waals surface area contributed by atoms with Gasteiger partial charge in [-0.1, -0.05) is 64.8 Å². The summed E-state index contributed by atoms with van der Waals surface area (Å²) in [5, 5.41) is 2.20. The van der Waals surface area contributed by atoms with E-state index in [0.29, 0.717) is 22.4 Å². The molecule has 13 heteroatoms. The Morgan fingerprint density at radius 2 is 1.62 bits per heavy atom. The van der Waals surface area contributed by atoms with Gasteiger partial charge >= 0.3 is 6.18 Å². The first kappa shape index (κ1) is 33.4. The molecule has 3 aromatic rings. The maximum Gasteiger partial charge on any atom is 0.417 e. The zero-order valence-corrected chi connectivity index (χ0v) is 26.2. The van der Waals surface area contributed by atoms with E-state index in [4.69, 9.17) is 11.6 Å². The third kappa shape index (κ3) is 8.26. The first-order valence-electron chi connectivity index (χ1n) is 12.9. The Hall–Kier alpha value is -3.09. The normalized spacial score (nSPS) is 13.2. The van der Waals surface area contributed by atoms with Gasteiger partial charge in [0.25, 0.3) is 10.0 Å². The van der Waals surface area contributed by atoms with Crippen molar-refractivity contribution in [3.8, 4) is 0 Å². The number of alkyl halides is 3. The number of sulfonamides is 1. The van der Waals surface area contributed by atoms with E-state index in [1.54, 1.807) is 37.3 Å². The third-order valence-electron chi connectivity index (χ3n) is 6.59. The number of carbonyl (C=O) groups is 2. The molecule has 0 aliphatic rings. The van der Waals surface area contributed by atoms with E-state index in [1.807, 2.05) is 6.92 Å². The van der Waals surface area contributed by atoms with Gasteiger partial charge in [-0.15, -0.1) is 0 Å². The summed E-state index contributed by atoms with van der Waals surface area (Å²) in [6.45, 7) is 4.25. The van der Waals surface area contributed by atoms with Crippen LogP contribution in [-0.4, -0.2) is 43.8 Å². The van der Waals surface area contributed by atoms with Crippen LogP contribution in [0, 0.1) is 0 Å². The molecule has 226 valence electrons. The number of nitrogens with one attached hydrogen (secondary N) is 1. The van der Waals surface area contributed by atoms with Gasteiger partial charge in [-0.05, 0) is 68.3 Å². The molecule has 0 unspecified atom stereocenters. The van der Waals surface area contributed by atoms with E-state index in [1.165, 1.54) is 36.1 Å². The van der Waals surface area contributed by atoms with E-state index in [-0.39, 0.29) is 17.5 Å². The molecule has 0 aliphatic carbocycles. The van der Waals surface area contributed by atoms with Crippen molar-refractivity contribution < 1.29 is 31.2 Å². The average molecular weight is 689 g/mol. The number of hydrogen-bond acceptors (Lipinski definition) is 4. The summed E-state index contributed by atoms with van der Waals surface area (Å²) in [5.74, 6) is -1.26. The number of rotatable bonds is 11. The highest BCUT2D eigenvalue weighted by atomic mass is 79.9. The summed E-state index contributed by atoms with van der Waals surface area (Å²) in [6.07, 6.45) is -4.24. The van der Waals surface area contributed by atoms with Crippen LogP contribution in [0.4, 0.5) is 18.9 Å². The van der Waals surface area contributed by atoms with Crippen molar-refractivity contribution in [3.05, 3.63) is 93.4 Å². The number of benzene rings is 3. The zero-order valence-electron chi connectivity index (χ0n) is 23.0. The van der Waals surface area contributed by atoms with Crippen LogP contribution in [0.1, 0.15) is 38.3 Å². The lowest BCUT2D eigenvalue weighted by Gasteiger charge is -2.32. The molecule has 3 aromatic carbocycles.